The molecule has 0 atom stereocenters. The van der Waals surface area contributed by atoms with Gasteiger partial charge in [0, 0.05) is 10.4 Å². The van der Waals surface area contributed by atoms with Gasteiger partial charge in [-0.25, -0.2) is 0 Å². The van der Waals surface area contributed by atoms with E-state index in [1.807, 2.05) is 30.3 Å². The van der Waals surface area contributed by atoms with Crippen LogP contribution in [0.3, 0.4) is 0 Å². The van der Waals surface area contributed by atoms with E-state index in [-0.39, 0.29) is 5.75 Å². The molecular formula is C16H11ClN2O. The monoisotopic (exact) mass is 282 g/mol. The lowest BCUT2D eigenvalue weighted by Crippen LogP contribution is -1.74. The lowest BCUT2D eigenvalue weighted by molar-refractivity contribution is 0.477. The minimum atomic E-state index is 0.106. The van der Waals surface area contributed by atoms with Gasteiger partial charge in [0.1, 0.15) is 11.4 Å². The summed E-state index contributed by atoms with van der Waals surface area (Å²) < 4.78 is 0. The number of halogens is 1. The highest BCUT2D eigenvalue weighted by Crippen LogP contribution is 2.36. The highest BCUT2D eigenvalue weighted by Gasteiger charge is 2.05. The molecule has 4 heteroatoms. The quantitative estimate of drug-likeness (QED) is 0.610. The molecule has 0 aliphatic heterocycles. The fraction of sp³-hybridized carbons (Fsp3) is 0. The molecule has 0 radical (unpaired) electrons. The van der Waals surface area contributed by atoms with Crippen LogP contribution in [0, 0.1) is 0 Å². The van der Waals surface area contributed by atoms with E-state index in [0.29, 0.717) is 16.4 Å². The number of azo groups is 1. The Labute approximate surface area is 121 Å². The molecule has 0 amide bonds. The van der Waals surface area contributed by atoms with Crippen LogP contribution in [0.5, 0.6) is 5.75 Å². The molecule has 0 saturated carbocycles. The van der Waals surface area contributed by atoms with Crippen molar-refractivity contribution in [2.45, 2.75) is 0 Å². The number of hydrogen-bond acceptors (Lipinski definition) is 3. The maximum atomic E-state index is 9.96. The summed E-state index contributed by atoms with van der Waals surface area (Å²) in [6, 6.07) is 18.3. The summed E-state index contributed by atoms with van der Waals surface area (Å²) in [7, 11) is 0. The van der Waals surface area contributed by atoms with Crippen LogP contribution in [0.1, 0.15) is 0 Å². The summed E-state index contributed by atoms with van der Waals surface area (Å²) >= 11 is 5.90. The van der Waals surface area contributed by atoms with Gasteiger partial charge in [-0.1, -0.05) is 48.0 Å². The van der Waals surface area contributed by atoms with Gasteiger partial charge in [-0.3, -0.25) is 0 Å². The van der Waals surface area contributed by atoms with Gasteiger partial charge < -0.3 is 5.11 Å². The lowest BCUT2D eigenvalue weighted by Gasteiger charge is -2.03. The maximum absolute atomic E-state index is 9.96. The fourth-order valence-electron chi connectivity index (χ4n) is 1.99. The first-order chi connectivity index (χ1) is 9.74. The second-order valence-corrected chi connectivity index (χ2v) is 4.77. The normalized spacial score (nSPS) is 11.2. The molecule has 0 spiro atoms. The van der Waals surface area contributed by atoms with Crippen molar-refractivity contribution in [3.05, 3.63) is 65.7 Å². The number of hydrogen-bond donors (Lipinski definition) is 1. The lowest BCUT2D eigenvalue weighted by atomic mass is 10.1. The fourth-order valence-corrected chi connectivity index (χ4v) is 2.18. The number of benzene rings is 3. The SMILES string of the molecule is Oc1ccc2ccccc2c1N=Nc1cccc(Cl)c1. The van der Waals surface area contributed by atoms with E-state index in [1.165, 1.54) is 0 Å². The number of phenolic OH excluding ortho intramolecular Hbond substituents is 1. The Balaban J connectivity index is 2.08. The largest absolute Gasteiger partial charge is 0.506 e. The molecule has 0 aliphatic carbocycles. The minimum absolute atomic E-state index is 0.106. The zero-order valence-electron chi connectivity index (χ0n) is 10.5. The van der Waals surface area contributed by atoms with Crippen LogP contribution in [0.2, 0.25) is 5.02 Å². The molecule has 1 N–H and O–H groups in total. The highest BCUT2D eigenvalue weighted by atomic mass is 35.5. The summed E-state index contributed by atoms with van der Waals surface area (Å²) in [6.07, 6.45) is 0. The van der Waals surface area contributed by atoms with Crippen molar-refractivity contribution >= 4 is 33.7 Å². The molecule has 0 saturated heterocycles. The molecule has 0 aromatic heterocycles. The summed E-state index contributed by atoms with van der Waals surface area (Å²) in [6.45, 7) is 0. The Morgan fingerprint density at radius 3 is 2.55 bits per heavy atom. The van der Waals surface area contributed by atoms with Crippen molar-refractivity contribution in [3.63, 3.8) is 0 Å². The van der Waals surface area contributed by atoms with Gasteiger partial charge in [0.05, 0.1) is 5.69 Å². The average molecular weight is 283 g/mol. The van der Waals surface area contributed by atoms with E-state index < -0.39 is 0 Å². The first-order valence-electron chi connectivity index (χ1n) is 6.12. The predicted octanol–water partition coefficient (Wildman–Crippen LogP) is 5.61. The Morgan fingerprint density at radius 2 is 1.70 bits per heavy atom. The van der Waals surface area contributed by atoms with Crippen molar-refractivity contribution in [3.8, 4) is 5.75 Å². The van der Waals surface area contributed by atoms with Crippen molar-refractivity contribution in [1.82, 2.24) is 0 Å². The van der Waals surface area contributed by atoms with Gasteiger partial charge in [-0.05, 0) is 29.7 Å². The second-order valence-electron chi connectivity index (χ2n) is 4.33. The molecular weight excluding hydrogens is 272 g/mol. The standard InChI is InChI=1S/C16H11ClN2O/c17-12-5-3-6-13(10-12)18-19-16-14-7-2-1-4-11(14)8-9-15(16)20/h1-10,20H. The number of fused-ring (bicyclic) bond motifs is 1. The van der Waals surface area contributed by atoms with Crippen LogP contribution in [-0.4, -0.2) is 5.11 Å². The van der Waals surface area contributed by atoms with Crippen molar-refractivity contribution in [2.24, 2.45) is 10.2 Å². The molecule has 3 aromatic rings. The van der Waals surface area contributed by atoms with Crippen LogP contribution in [-0.2, 0) is 0 Å². The first kappa shape index (κ1) is 12.6. The summed E-state index contributed by atoms with van der Waals surface area (Å²) in [4.78, 5) is 0. The molecule has 0 unspecified atom stereocenters. The maximum Gasteiger partial charge on any atom is 0.143 e. The molecule has 20 heavy (non-hydrogen) atoms. The smallest absolute Gasteiger partial charge is 0.143 e. The Morgan fingerprint density at radius 1 is 0.850 bits per heavy atom. The summed E-state index contributed by atoms with van der Waals surface area (Å²) in [5, 5.41) is 20.7. The third-order valence-corrected chi connectivity index (χ3v) is 3.19. The molecule has 3 nitrogen and oxygen atoms in total. The van der Waals surface area contributed by atoms with Gasteiger partial charge in [0.25, 0.3) is 0 Å². The zero-order chi connectivity index (χ0) is 13.9. The Kier molecular flexibility index (Phi) is 3.35. The van der Waals surface area contributed by atoms with E-state index in [9.17, 15) is 5.11 Å². The van der Waals surface area contributed by atoms with E-state index >= 15 is 0 Å². The third kappa shape index (κ3) is 2.49. The molecule has 0 heterocycles. The first-order valence-corrected chi connectivity index (χ1v) is 6.50. The topological polar surface area (TPSA) is 45.0 Å². The van der Waals surface area contributed by atoms with Gasteiger partial charge in [-0.2, -0.15) is 5.11 Å². The number of rotatable bonds is 2. The van der Waals surface area contributed by atoms with Gasteiger partial charge in [0.15, 0.2) is 0 Å². The van der Waals surface area contributed by atoms with Crippen LogP contribution in [0.15, 0.2) is 70.9 Å². The molecule has 3 rings (SSSR count). The highest BCUT2D eigenvalue weighted by molar-refractivity contribution is 6.30. The number of phenols is 1. The van der Waals surface area contributed by atoms with E-state index in [4.69, 9.17) is 11.6 Å². The van der Waals surface area contributed by atoms with Crippen molar-refractivity contribution < 1.29 is 5.11 Å². The molecule has 0 bridgehead atoms. The molecule has 0 fully saturated rings. The summed E-state index contributed by atoms with van der Waals surface area (Å²) in [5.41, 5.74) is 1.10. The van der Waals surface area contributed by atoms with Crippen molar-refractivity contribution in [1.29, 1.82) is 0 Å². The second kappa shape index (κ2) is 5.31. The Hall–Kier alpha value is -2.39. The van der Waals surface area contributed by atoms with Gasteiger partial charge >= 0.3 is 0 Å². The molecule has 98 valence electrons. The molecule has 0 aliphatic rings. The van der Waals surface area contributed by atoms with Crippen LogP contribution < -0.4 is 0 Å². The van der Waals surface area contributed by atoms with Crippen LogP contribution >= 0.6 is 11.6 Å². The van der Waals surface area contributed by atoms with Crippen LogP contribution in [0.4, 0.5) is 11.4 Å². The van der Waals surface area contributed by atoms with Crippen LogP contribution in [0.25, 0.3) is 10.8 Å². The zero-order valence-corrected chi connectivity index (χ0v) is 11.2. The van der Waals surface area contributed by atoms with E-state index in [2.05, 4.69) is 10.2 Å². The van der Waals surface area contributed by atoms with Gasteiger partial charge in [-0.15, -0.1) is 5.11 Å². The Bertz CT molecular complexity index is 799. The molecule has 3 aromatic carbocycles. The number of nitrogens with zero attached hydrogens (tertiary/aromatic N) is 2. The van der Waals surface area contributed by atoms with E-state index in [1.54, 1.807) is 30.3 Å². The van der Waals surface area contributed by atoms with E-state index in [0.717, 1.165) is 10.8 Å². The predicted molar refractivity (Wildman–Crippen MR) is 81.2 cm³/mol. The third-order valence-electron chi connectivity index (χ3n) is 2.95. The van der Waals surface area contributed by atoms with Crippen molar-refractivity contribution in [2.75, 3.05) is 0 Å². The number of aromatic hydroxyl groups is 1. The summed E-state index contributed by atoms with van der Waals surface area (Å²) in [5.74, 6) is 0.106. The average Bonchev–Trinajstić information content (AvgIpc) is 2.46. The van der Waals surface area contributed by atoms with Gasteiger partial charge in [0.2, 0.25) is 0 Å². The minimum Gasteiger partial charge on any atom is -0.506 e.